The van der Waals surface area contributed by atoms with Gasteiger partial charge < -0.3 is 15.1 Å². The molecule has 1 heterocycles. The second-order valence-corrected chi connectivity index (χ2v) is 3.10. The smallest absolute Gasteiger partial charge is 0.134 e. The van der Waals surface area contributed by atoms with Crippen LogP contribution >= 0.6 is 0 Å². The third kappa shape index (κ3) is 3.04. The van der Waals surface area contributed by atoms with Gasteiger partial charge >= 0.3 is 0 Å². The molecule has 4 nitrogen and oxygen atoms in total. The molecule has 0 spiro atoms. The zero-order valence-electron chi connectivity index (χ0n) is 8.63. The molecule has 1 rings (SSSR count). The summed E-state index contributed by atoms with van der Waals surface area (Å²) < 4.78 is 0. The molecule has 0 aliphatic carbocycles. The molecular weight excluding hydrogens is 192 g/mol. The van der Waals surface area contributed by atoms with E-state index in [1.807, 2.05) is 11.0 Å². The van der Waals surface area contributed by atoms with E-state index in [2.05, 4.69) is 11.6 Å². The van der Waals surface area contributed by atoms with Gasteiger partial charge in [-0.3, -0.25) is 0 Å². The first-order valence-corrected chi connectivity index (χ1v) is 4.85. The maximum atomic E-state index is 9.15. The molecule has 4 heteroatoms. The summed E-state index contributed by atoms with van der Waals surface area (Å²) in [6, 6.07) is 3.59. The molecule has 0 amide bonds. The van der Waals surface area contributed by atoms with Crippen LogP contribution in [0.5, 0.6) is 0 Å². The highest BCUT2D eigenvalue weighted by molar-refractivity contribution is 5.46. The van der Waals surface area contributed by atoms with E-state index in [1.54, 1.807) is 18.3 Å². The first-order chi connectivity index (χ1) is 7.33. The van der Waals surface area contributed by atoms with Crippen LogP contribution in [0.2, 0.25) is 0 Å². The lowest BCUT2D eigenvalue weighted by Gasteiger charge is -2.22. The number of aromatic nitrogens is 1. The van der Waals surface area contributed by atoms with Crippen LogP contribution in [-0.4, -0.2) is 34.9 Å². The number of aliphatic hydroxyl groups excluding tert-OH is 2. The fourth-order valence-electron chi connectivity index (χ4n) is 1.40. The van der Waals surface area contributed by atoms with E-state index in [0.717, 1.165) is 5.56 Å². The number of hydrogen-bond donors (Lipinski definition) is 2. The molecule has 1 aromatic heterocycles. The molecule has 0 aliphatic rings. The van der Waals surface area contributed by atoms with Gasteiger partial charge in [-0.15, -0.1) is 6.58 Å². The Kier molecular flexibility index (Phi) is 4.80. The van der Waals surface area contributed by atoms with Crippen molar-refractivity contribution in [1.82, 2.24) is 4.98 Å². The van der Waals surface area contributed by atoms with E-state index in [9.17, 15) is 0 Å². The fourth-order valence-corrected chi connectivity index (χ4v) is 1.40. The van der Waals surface area contributed by atoms with Crippen molar-refractivity contribution in [1.29, 1.82) is 0 Å². The molecule has 0 bridgehead atoms. The molecule has 0 saturated heterocycles. The zero-order valence-corrected chi connectivity index (χ0v) is 8.63. The Morgan fingerprint density at radius 1 is 1.47 bits per heavy atom. The van der Waals surface area contributed by atoms with Crippen molar-refractivity contribution in [2.24, 2.45) is 0 Å². The molecule has 0 fully saturated rings. The highest BCUT2D eigenvalue weighted by Crippen LogP contribution is 2.16. The Balaban J connectivity index is 2.92. The minimum atomic E-state index is -0.0533. The number of anilines is 1. The Morgan fingerprint density at radius 3 is 2.87 bits per heavy atom. The number of pyridine rings is 1. The lowest BCUT2D eigenvalue weighted by Crippen LogP contribution is -2.28. The van der Waals surface area contributed by atoms with Crippen LogP contribution in [0, 0.1) is 0 Å². The predicted octanol–water partition coefficient (Wildman–Crippen LogP) is 0.559. The largest absolute Gasteiger partial charge is 0.395 e. The summed E-state index contributed by atoms with van der Waals surface area (Å²) in [7, 11) is 0. The average molecular weight is 208 g/mol. The molecule has 2 N–H and O–H groups in total. The first-order valence-electron chi connectivity index (χ1n) is 4.85. The zero-order chi connectivity index (χ0) is 11.1. The van der Waals surface area contributed by atoms with Gasteiger partial charge in [0, 0.05) is 24.8 Å². The molecule has 0 atom stereocenters. The topological polar surface area (TPSA) is 56.6 Å². The van der Waals surface area contributed by atoms with Crippen molar-refractivity contribution >= 4 is 5.82 Å². The van der Waals surface area contributed by atoms with Crippen molar-refractivity contribution in [2.45, 2.75) is 6.61 Å². The van der Waals surface area contributed by atoms with E-state index in [-0.39, 0.29) is 13.2 Å². The summed E-state index contributed by atoms with van der Waals surface area (Å²) in [5.74, 6) is 0.703. The molecular formula is C11H16N2O2. The van der Waals surface area contributed by atoms with Gasteiger partial charge in [0.2, 0.25) is 0 Å². The van der Waals surface area contributed by atoms with E-state index in [0.29, 0.717) is 18.9 Å². The van der Waals surface area contributed by atoms with Crippen LogP contribution in [0.1, 0.15) is 5.56 Å². The normalized spacial score (nSPS) is 10.0. The van der Waals surface area contributed by atoms with Crippen molar-refractivity contribution < 1.29 is 10.2 Å². The van der Waals surface area contributed by atoms with Crippen molar-refractivity contribution in [3.05, 3.63) is 36.5 Å². The van der Waals surface area contributed by atoms with Gasteiger partial charge in [-0.05, 0) is 6.07 Å². The molecule has 0 aliphatic heterocycles. The Hall–Kier alpha value is -1.39. The van der Waals surface area contributed by atoms with Crippen LogP contribution in [0.3, 0.4) is 0 Å². The van der Waals surface area contributed by atoms with E-state index in [4.69, 9.17) is 10.2 Å². The number of nitrogens with zero attached hydrogens (tertiary/aromatic N) is 2. The van der Waals surface area contributed by atoms with Gasteiger partial charge in [0.05, 0.1) is 13.2 Å². The van der Waals surface area contributed by atoms with Crippen LogP contribution in [0.15, 0.2) is 31.0 Å². The Labute approximate surface area is 89.5 Å². The lowest BCUT2D eigenvalue weighted by atomic mass is 10.2. The van der Waals surface area contributed by atoms with Gasteiger partial charge in [-0.1, -0.05) is 12.1 Å². The van der Waals surface area contributed by atoms with E-state index in [1.165, 1.54) is 0 Å². The van der Waals surface area contributed by atoms with Gasteiger partial charge in [0.1, 0.15) is 5.82 Å². The Morgan fingerprint density at radius 2 is 2.27 bits per heavy atom. The second-order valence-electron chi connectivity index (χ2n) is 3.10. The summed E-state index contributed by atoms with van der Waals surface area (Å²) in [4.78, 5) is 6.07. The quantitative estimate of drug-likeness (QED) is 0.671. The highest BCUT2D eigenvalue weighted by Gasteiger charge is 2.09. The monoisotopic (exact) mass is 208 g/mol. The van der Waals surface area contributed by atoms with Gasteiger partial charge in [0.15, 0.2) is 0 Å². The van der Waals surface area contributed by atoms with Gasteiger partial charge in [-0.2, -0.15) is 0 Å². The third-order valence-corrected chi connectivity index (χ3v) is 2.06. The van der Waals surface area contributed by atoms with Gasteiger partial charge in [0.25, 0.3) is 0 Å². The maximum absolute atomic E-state index is 9.15. The first kappa shape index (κ1) is 11.7. The van der Waals surface area contributed by atoms with Crippen molar-refractivity contribution in [3.63, 3.8) is 0 Å². The average Bonchev–Trinajstić information content (AvgIpc) is 2.29. The number of rotatable bonds is 6. The number of hydrogen-bond acceptors (Lipinski definition) is 4. The molecule has 0 saturated carbocycles. The summed E-state index contributed by atoms with van der Waals surface area (Å²) in [6.45, 7) is 4.73. The maximum Gasteiger partial charge on any atom is 0.134 e. The molecule has 0 unspecified atom stereocenters. The van der Waals surface area contributed by atoms with E-state index >= 15 is 0 Å². The molecule has 0 radical (unpaired) electrons. The van der Waals surface area contributed by atoms with E-state index < -0.39 is 0 Å². The second kappa shape index (κ2) is 6.16. The minimum Gasteiger partial charge on any atom is -0.395 e. The molecule has 1 aromatic rings. The summed E-state index contributed by atoms with van der Waals surface area (Å²) in [6.07, 6.45) is 3.41. The van der Waals surface area contributed by atoms with Crippen molar-refractivity contribution in [2.75, 3.05) is 24.6 Å². The van der Waals surface area contributed by atoms with Crippen LogP contribution in [0.25, 0.3) is 0 Å². The van der Waals surface area contributed by atoms with Crippen LogP contribution in [-0.2, 0) is 6.61 Å². The highest BCUT2D eigenvalue weighted by atomic mass is 16.3. The minimum absolute atomic E-state index is 0.0509. The van der Waals surface area contributed by atoms with Crippen molar-refractivity contribution in [3.8, 4) is 0 Å². The molecule has 82 valence electrons. The SMILES string of the molecule is C=CCN(CCO)c1ncccc1CO. The predicted molar refractivity (Wildman–Crippen MR) is 59.7 cm³/mol. The summed E-state index contributed by atoms with van der Waals surface area (Å²) in [5, 5.41) is 18.1. The summed E-state index contributed by atoms with van der Waals surface area (Å²) in [5.41, 5.74) is 0.757. The van der Waals surface area contributed by atoms with Gasteiger partial charge in [-0.25, -0.2) is 4.98 Å². The fraction of sp³-hybridized carbons (Fsp3) is 0.364. The molecule has 15 heavy (non-hydrogen) atoms. The number of aliphatic hydroxyl groups is 2. The summed E-state index contributed by atoms with van der Waals surface area (Å²) >= 11 is 0. The standard InChI is InChI=1S/C11H16N2O2/c1-2-6-13(7-8-14)11-10(9-15)4-3-5-12-11/h2-5,14-15H,1,6-9H2. The third-order valence-electron chi connectivity index (χ3n) is 2.06. The Bertz CT molecular complexity index is 315. The molecule has 0 aromatic carbocycles. The van der Waals surface area contributed by atoms with Crippen LogP contribution < -0.4 is 4.90 Å². The lowest BCUT2D eigenvalue weighted by molar-refractivity contribution is 0.280. The van der Waals surface area contributed by atoms with Crippen LogP contribution in [0.4, 0.5) is 5.82 Å².